The molecule has 0 unspecified atom stereocenters. The van der Waals surface area contributed by atoms with Crippen molar-refractivity contribution in [2.24, 2.45) is 5.73 Å². The largest absolute Gasteiger partial charge is 0.338 e. The summed E-state index contributed by atoms with van der Waals surface area (Å²) in [5, 5.41) is 4.06. The molecule has 1 saturated heterocycles. The van der Waals surface area contributed by atoms with E-state index in [2.05, 4.69) is 27.2 Å². The SMILES string of the molecule is N[C@@H](Cc1ccccc1)c1nc(N2CCCCC2)no1. The van der Waals surface area contributed by atoms with Crippen LogP contribution in [0.2, 0.25) is 0 Å². The minimum absolute atomic E-state index is 0.247. The first-order chi connectivity index (χ1) is 9.83. The molecule has 5 nitrogen and oxygen atoms in total. The highest BCUT2D eigenvalue weighted by molar-refractivity contribution is 5.28. The molecule has 1 aliphatic rings. The molecule has 0 radical (unpaired) electrons. The lowest BCUT2D eigenvalue weighted by atomic mass is 10.1. The molecule has 5 heteroatoms. The second kappa shape index (κ2) is 6.05. The maximum atomic E-state index is 6.16. The molecular formula is C15H20N4O. The second-order valence-electron chi connectivity index (χ2n) is 5.28. The van der Waals surface area contributed by atoms with Crippen LogP contribution < -0.4 is 10.6 Å². The highest BCUT2D eigenvalue weighted by atomic mass is 16.5. The summed E-state index contributed by atoms with van der Waals surface area (Å²) >= 11 is 0. The third-order valence-corrected chi connectivity index (χ3v) is 3.69. The maximum absolute atomic E-state index is 6.16. The summed E-state index contributed by atoms with van der Waals surface area (Å²) in [6.07, 6.45) is 4.39. The molecule has 1 aromatic heterocycles. The maximum Gasteiger partial charge on any atom is 0.266 e. The van der Waals surface area contributed by atoms with Crippen molar-refractivity contribution in [1.29, 1.82) is 0 Å². The average molecular weight is 272 g/mol. The Balaban J connectivity index is 1.66. The normalized spacial score (nSPS) is 17.1. The van der Waals surface area contributed by atoms with Crippen LogP contribution in [0, 0.1) is 0 Å². The molecule has 106 valence electrons. The molecule has 2 N–H and O–H groups in total. The van der Waals surface area contributed by atoms with Crippen LogP contribution in [0.1, 0.15) is 36.8 Å². The summed E-state index contributed by atoms with van der Waals surface area (Å²) < 4.78 is 5.32. The first-order valence-electron chi connectivity index (χ1n) is 7.21. The van der Waals surface area contributed by atoms with Crippen LogP contribution in [0.4, 0.5) is 5.95 Å². The zero-order chi connectivity index (χ0) is 13.8. The number of anilines is 1. The summed E-state index contributed by atoms with van der Waals surface area (Å²) in [6, 6.07) is 9.88. The third kappa shape index (κ3) is 2.99. The molecule has 2 heterocycles. The summed E-state index contributed by atoms with van der Waals surface area (Å²) in [5.41, 5.74) is 7.33. The van der Waals surface area contributed by atoms with E-state index >= 15 is 0 Å². The molecule has 0 bridgehead atoms. The van der Waals surface area contributed by atoms with Crippen molar-refractivity contribution in [2.75, 3.05) is 18.0 Å². The zero-order valence-electron chi connectivity index (χ0n) is 11.5. The Bertz CT molecular complexity index is 534. The van der Waals surface area contributed by atoms with Gasteiger partial charge in [0.15, 0.2) is 0 Å². The van der Waals surface area contributed by atoms with Gasteiger partial charge in [0.1, 0.15) is 0 Å². The fourth-order valence-corrected chi connectivity index (χ4v) is 2.56. The van der Waals surface area contributed by atoms with Gasteiger partial charge in [-0.1, -0.05) is 30.3 Å². The Hall–Kier alpha value is -1.88. The Morgan fingerprint density at radius 3 is 2.65 bits per heavy atom. The van der Waals surface area contributed by atoms with Gasteiger partial charge in [-0.15, -0.1) is 0 Å². The summed E-state index contributed by atoms with van der Waals surface area (Å²) in [7, 11) is 0. The van der Waals surface area contributed by atoms with Crippen molar-refractivity contribution in [3.63, 3.8) is 0 Å². The van der Waals surface area contributed by atoms with Crippen molar-refractivity contribution < 1.29 is 4.52 Å². The number of hydrogen-bond acceptors (Lipinski definition) is 5. The topological polar surface area (TPSA) is 68.2 Å². The molecule has 1 aromatic carbocycles. The lowest BCUT2D eigenvalue weighted by Gasteiger charge is -2.24. The smallest absolute Gasteiger partial charge is 0.266 e. The number of aromatic nitrogens is 2. The van der Waals surface area contributed by atoms with Gasteiger partial charge in [-0.3, -0.25) is 0 Å². The summed E-state index contributed by atoms with van der Waals surface area (Å²) in [4.78, 5) is 6.63. The fourth-order valence-electron chi connectivity index (χ4n) is 2.56. The standard InChI is InChI=1S/C15H20N4O/c16-13(11-12-7-3-1-4-8-12)14-17-15(18-20-14)19-9-5-2-6-10-19/h1,3-4,7-8,13H,2,5-6,9-11,16H2/t13-/m0/s1. The van der Waals surface area contributed by atoms with Gasteiger partial charge >= 0.3 is 0 Å². The number of benzene rings is 1. The van der Waals surface area contributed by atoms with Crippen molar-refractivity contribution >= 4 is 5.95 Å². The predicted octanol–water partition coefficient (Wildman–Crippen LogP) is 2.30. The highest BCUT2D eigenvalue weighted by Crippen LogP contribution is 2.20. The van der Waals surface area contributed by atoms with Crippen molar-refractivity contribution in [3.8, 4) is 0 Å². The van der Waals surface area contributed by atoms with Gasteiger partial charge in [0.2, 0.25) is 5.89 Å². The van der Waals surface area contributed by atoms with Gasteiger partial charge in [0.05, 0.1) is 6.04 Å². The highest BCUT2D eigenvalue weighted by Gasteiger charge is 2.20. The molecule has 0 aliphatic carbocycles. The molecule has 0 saturated carbocycles. The van der Waals surface area contributed by atoms with Crippen molar-refractivity contribution in [2.45, 2.75) is 31.7 Å². The molecule has 1 atom stereocenters. The number of nitrogens with zero attached hydrogens (tertiary/aromatic N) is 3. The number of nitrogens with two attached hydrogens (primary N) is 1. The quantitative estimate of drug-likeness (QED) is 0.925. The lowest BCUT2D eigenvalue weighted by molar-refractivity contribution is 0.352. The van der Waals surface area contributed by atoms with Crippen molar-refractivity contribution in [1.82, 2.24) is 10.1 Å². The molecule has 2 aromatic rings. The zero-order valence-corrected chi connectivity index (χ0v) is 11.5. The third-order valence-electron chi connectivity index (χ3n) is 3.69. The monoisotopic (exact) mass is 272 g/mol. The molecular weight excluding hydrogens is 252 g/mol. The van der Waals surface area contributed by atoms with Crippen LogP contribution in [0.25, 0.3) is 0 Å². The van der Waals surface area contributed by atoms with E-state index < -0.39 is 0 Å². The van der Waals surface area contributed by atoms with Gasteiger partial charge in [-0.05, 0) is 36.4 Å². The Labute approximate surface area is 118 Å². The van der Waals surface area contributed by atoms with Crippen LogP contribution in [0.15, 0.2) is 34.9 Å². The Kier molecular flexibility index (Phi) is 3.97. The van der Waals surface area contributed by atoms with Crippen LogP contribution in [-0.2, 0) is 6.42 Å². The molecule has 1 aliphatic heterocycles. The van der Waals surface area contributed by atoms with E-state index in [1.807, 2.05) is 18.2 Å². The van der Waals surface area contributed by atoms with Crippen LogP contribution in [0.5, 0.6) is 0 Å². The fraction of sp³-hybridized carbons (Fsp3) is 0.467. The number of hydrogen-bond donors (Lipinski definition) is 1. The molecule has 20 heavy (non-hydrogen) atoms. The van der Waals surface area contributed by atoms with Crippen LogP contribution in [-0.4, -0.2) is 23.2 Å². The van der Waals surface area contributed by atoms with Gasteiger partial charge < -0.3 is 15.2 Å². The van der Waals surface area contributed by atoms with Crippen LogP contribution >= 0.6 is 0 Å². The predicted molar refractivity (Wildman–Crippen MR) is 77.4 cm³/mol. The van der Waals surface area contributed by atoms with Gasteiger partial charge in [-0.25, -0.2) is 0 Å². The van der Waals surface area contributed by atoms with Gasteiger partial charge in [0.25, 0.3) is 5.95 Å². The number of rotatable bonds is 4. The molecule has 3 rings (SSSR count). The molecule has 1 fully saturated rings. The first kappa shape index (κ1) is 13.1. The van der Waals surface area contributed by atoms with E-state index in [0.29, 0.717) is 18.3 Å². The minimum Gasteiger partial charge on any atom is -0.338 e. The van der Waals surface area contributed by atoms with Crippen LogP contribution in [0.3, 0.4) is 0 Å². The van der Waals surface area contributed by atoms with Gasteiger partial charge in [0, 0.05) is 13.1 Å². The Morgan fingerprint density at radius 1 is 1.15 bits per heavy atom. The van der Waals surface area contributed by atoms with Gasteiger partial charge in [-0.2, -0.15) is 4.98 Å². The second-order valence-corrected chi connectivity index (χ2v) is 5.28. The van der Waals surface area contributed by atoms with E-state index in [1.54, 1.807) is 0 Å². The average Bonchev–Trinajstić information content (AvgIpc) is 2.99. The number of piperidine rings is 1. The Morgan fingerprint density at radius 2 is 1.90 bits per heavy atom. The first-order valence-corrected chi connectivity index (χ1v) is 7.21. The molecule has 0 spiro atoms. The van der Waals surface area contributed by atoms with Crippen molar-refractivity contribution in [3.05, 3.63) is 41.8 Å². The summed E-state index contributed by atoms with van der Waals surface area (Å²) in [5.74, 6) is 1.21. The van der Waals surface area contributed by atoms with E-state index in [0.717, 1.165) is 13.1 Å². The minimum atomic E-state index is -0.247. The van der Waals surface area contributed by atoms with E-state index in [4.69, 9.17) is 10.3 Å². The van der Waals surface area contributed by atoms with E-state index in [9.17, 15) is 0 Å². The molecule has 0 amide bonds. The summed E-state index contributed by atoms with van der Waals surface area (Å²) in [6.45, 7) is 2.01. The van der Waals surface area contributed by atoms with E-state index in [1.165, 1.54) is 24.8 Å². The lowest BCUT2D eigenvalue weighted by Crippen LogP contribution is -2.30. The van der Waals surface area contributed by atoms with E-state index in [-0.39, 0.29) is 6.04 Å².